The Morgan fingerprint density at radius 3 is 3.19 bits per heavy atom. The third-order valence-corrected chi connectivity index (χ3v) is 2.23. The second kappa shape index (κ2) is 6.78. The molecule has 0 saturated carbocycles. The van der Waals surface area contributed by atoms with E-state index in [0.29, 0.717) is 13.0 Å². The van der Waals surface area contributed by atoms with Crippen LogP contribution in [-0.2, 0) is 13.1 Å². The van der Waals surface area contributed by atoms with Crippen molar-refractivity contribution in [2.45, 2.75) is 32.9 Å². The van der Waals surface area contributed by atoms with Gasteiger partial charge < -0.3 is 20.8 Å². The summed E-state index contributed by atoms with van der Waals surface area (Å²) in [5, 5.41) is 22.3. The quantitative estimate of drug-likeness (QED) is 0.198. The molecule has 1 heterocycles. The van der Waals surface area contributed by atoms with Crippen LogP contribution < -0.4 is 11.1 Å². The molecule has 0 spiro atoms. The Hall–Kier alpha value is -1.63. The van der Waals surface area contributed by atoms with Gasteiger partial charge in [0.2, 0.25) is 0 Å². The van der Waals surface area contributed by atoms with E-state index in [0.717, 1.165) is 25.3 Å². The van der Waals surface area contributed by atoms with Crippen LogP contribution in [0.2, 0.25) is 0 Å². The molecular formula is C9H18N6O. The number of hydrogen-bond acceptors (Lipinski definition) is 5. The lowest BCUT2D eigenvalue weighted by Crippen LogP contribution is -2.20. The predicted molar refractivity (Wildman–Crippen MR) is 60.0 cm³/mol. The summed E-state index contributed by atoms with van der Waals surface area (Å²) in [6.07, 6.45) is 3.13. The molecule has 4 N–H and O–H groups in total. The minimum absolute atomic E-state index is 0.263. The summed E-state index contributed by atoms with van der Waals surface area (Å²) >= 11 is 0. The number of nitrogens with zero attached hydrogens (tertiary/aromatic N) is 4. The number of rotatable bonds is 7. The molecule has 1 aromatic rings. The number of aryl methyl sites for hydroxylation is 1. The molecule has 0 aliphatic carbocycles. The van der Waals surface area contributed by atoms with E-state index >= 15 is 0 Å². The lowest BCUT2D eigenvalue weighted by atomic mass is 10.3. The van der Waals surface area contributed by atoms with Gasteiger partial charge in [-0.1, -0.05) is 5.16 Å². The minimum Gasteiger partial charge on any atom is -0.409 e. The number of amidine groups is 1. The number of oxime groups is 1. The van der Waals surface area contributed by atoms with E-state index in [9.17, 15) is 0 Å². The van der Waals surface area contributed by atoms with Gasteiger partial charge in [-0.2, -0.15) is 0 Å². The SMILES string of the molecule is CCn1cnnc1CNCCCC(N)=NO. The average Bonchev–Trinajstić information content (AvgIpc) is 2.75. The first-order valence-corrected chi connectivity index (χ1v) is 5.31. The van der Waals surface area contributed by atoms with Gasteiger partial charge in [0.05, 0.1) is 6.54 Å². The molecule has 0 amide bonds. The van der Waals surface area contributed by atoms with Crippen LogP contribution in [0.1, 0.15) is 25.6 Å². The molecule has 0 aromatic carbocycles. The molecule has 16 heavy (non-hydrogen) atoms. The first-order valence-electron chi connectivity index (χ1n) is 5.31. The standard InChI is InChI=1S/C9H18N6O/c1-2-15-7-12-13-9(15)6-11-5-3-4-8(10)14-16/h7,11,16H,2-6H2,1H3,(H2,10,14). The highest BCUT2D eigenvalue weighted by molar-refractivity contribution is 5.79. The lowest BCUT2D eigenvalue weighted by molar-refractivity contribution is 0.316. The Labute approximate surface area is 94.3 Å². The fourth-order valence-electron chi connectivity index (χ4n) is 1.32. The highest BCUT2D eigenvalue weighted by Gasteiger charge is 2.01. The van der Waals surface area contributed by atoms with Gasteiger partial charge in [0.1, 0.15) is 18.0 Å². The zero-order valence-electron chi connectivity index (χ0n) is 9.43. The van der Waals surface area contributed by atoms with Crippen molar-refractivity contribution >= 4 is 5.84 Å². The third kappa shape index (κ3) is 3.85. The number of nitrogens with two attached hydrogens (primary N) is 1. The van der Waals surface area contributed by atoms with Crippen LogP contribution in [0.4, 0.5) is 0 Å². The molecule has 0 aliphatic heterocycles. The smallest absolute Gasteiger partial charge is 0.146 e. The topological polar surface area (TPSA) is 101 Å². The van der Waals surface area contributed by atoms with Gasteiger partial charge in [-0.15, -0.1) is 10.2 Å². The molecule has 7 nitrogen and oxygen atoms in total. The average molecular weight is 226 g/mol. The monoisotopic (exact) mass is 226 g/mol. The van der Waals surface area contributed by atoms with E-state index in [4.69, 9.17) is 10.9 Å². The summed E-state index contributed by atoms with van der Waals surface area (Å²) < 4.78 is 1.98. The van der Waals surface area contributed by atoms with Gasteiger partial charge in [-0.05, 0) is 19.9 Å². The Kier molecular flexibility index (Phi) is 5.27. The summed E-state index contributed by atoms with van der Waals surface area (Å²) in [7, 11) is 0. The van der Waals surface area contributed by atoms with Crippen LogP contribution in [0, 0.1) is 0 Å². The van der Waals surface area contributed by atoms with Crippen LogP contribution in [0.15, 0.2) is 11.5 Å². The summed E-state index contributed by atoms with van der Waals surface area (Å²) in [6, 6.07) is 0. The molecule has 0 bridgehead atoms. The van der Waals surface area contributed by atoms with Gasteiger partial charge >= 0.3 is 0 Å². The molecule has 1 aromatic heterocycles. The minimum atomic E-state index is 0.263. The van der Waals surface area contributed by atoms with Gasteiger partial charge in [0.15, 0.2) is 0 Å². The maximum Gasteiger partial charge on any atom is 0.146 e. The summed E-state index contributed by atoms with van der Waals surface area (Å²) in [5.41, 5.74) is 5.34. The van der Waals surface area contributed by atoms with E-state index in [2.05, 4.69) is 20.7 Å². The van der Waals surface area contributed by atoms with Crippen molar-refractivity contribution in [1.29, 1.82) is 0 Å². The Morgan fingerprint density at radius 2 is 2.50 bits per heavy atom. The fourth-order valence-corrected chi connectivity index (χ4v) is 1.32. The van der Waals surface area contributed by atoms with Gasteiger partial charge in [-0.25, -0.2) is 0 Å². The van der Waals surface area contributed by atoms with Crippen LogP contribution in [0.5, 0.6) is 0 Å². The van der Waals surface area contributed by atoms with E-state index in [-0.39, 0.29) is 5.84 Å². The molecular weight excluding hydrogens is 208 g/mol. The third-order valence-electron chi connectivity index (χ3n) is 2.23. The molecule has 0 unspecified atom stereocenters. The van der Waals surface area contributed by atoms with Gasteiger partial charge in [0, 0.05) is 13.0 Å². The summed E-state index contributed by atoms with van der Waals surface area (Å²) in [4.78, 5) is 0. The number of hydrogen-bond donors (Lipinski definition) is 3. The van der Waals surface area contributed by atoms with Crippen LogP contribution in [-0.4, -0.2) is 32.4 Å². The van der Waals surface area contributed by atoms with Crippen molar-refractivity contribution in [2.24, 2.45) is 10.9 Å². The highest BCUT2D eigenvalue weighted by atomic mass is 16.4. The molecule has 90 valence electrons. The van der Waals surface area contributed by atoms with Crippen molar-refractivity contribution in [3.8, 4) is 0 Å². The van der Waals surface area contributed by atoms with E-state index in [1.807, 2.05) is 11.5 Å². The molecule has 1 rings (SSSR count). The maximum absolute atomic E-state index is 8.33. The Morgan fingerprint density at radius 1 is 1.69 bits per heavy atom. The first-order chi connectivity index (χ1) is 7.77. The van der Waals surface area contributed by atoms with Crippen molar-refractivity contribution in [3.05, 3.63) is 12.2 Å². The molecule has 0 saturated heterocycles. The van der Waals surface area contributed by atoms with Crippen molar-refractivity contribution < 1.29 is 5.21 Å². The van der Waals surface area contributed by atoms with Crippen LogP contribution in [0.25, 0.3) is 0 Å². The molecule has 0 fully saturated rings. The van der Waals surface area contributed by atoms with Crippen molar-refractivity contribution in [1.82, 2.24) is 20.1 Å². The lowest BCUT2D eigenvalue weighted by Gasteiger charge is -2.05. The number of nitrogens with one attached hydrogen (secondary N) is 1. The van der Waals surface area contributed by atoms with Crippen LogP contribution in [0.3, 0.4) is 0 Å². The van der Waals surface area contributed by atoms with Crippen molar-refractivity contribution in [2.75, 3.05) is 6.54 Å². The molecule has 0 radical (unpaired) electrons. The van der Waals surface area contributed by atoms with Crippen molar-refractivity contribution in [3.63, 3.8) is 0 Å². The molecule has 0 aliphatic rings. The molecule has 0 atom stereocenters. The predicted octanol–water partition coefficient (Wildman–Crippen LogP) is -0.0858. The van der Waals surface area contributed by atoms with Gasteiger partial charge in [-0.3, -0.25) is 0 Å². The second-order valence-corrected chi connectivity index (χ2v) is 3.40. The highest BCUT2D eigenvalue weighted by Crippen LogP contribution is 1.94. The first kappa shape index (κ1) is 12.4. The fraction of sp³-hybridized carbons (Fsp3) is 0.667. The largest absolute Gasteiger partial charge is 0.409 e. The number of aromatic nitrogens is 3. The van der Waals surface area contributed by atoms with Gasteiger partial charge in [0.25, 0.3) is 0 Å². The molecule has 7 heteroatoms. The van der Waals surface area contributed by atoms with E-state index < -0.39 is 0 Å². The summed E-state index contributed by atoms with van der Waals surface area (Å²) in [5.74, 6) is 1.19. The zero-order valence-corrected chi connectivity index (χ0v) is 9.43. The van der Waals surface area contributed by atoms with E-state index in [1.54, 1.807) is 6.33 Å². The maximum atomic E-state index is 8.33. The Bertz CT molecular complexity index is 334. The second-order valence-electron chi connectivity index (χ2n) is 3.40. The zero-order chi connectivity index (χ0) is 11.8. The van der Waals surface area contributed by atoms with E-state index in [1.165, 1.54) is 0 Å². The Balaban J connectivity index is 2.16. The summed E-state index contributed by atoms with van der Waals surface area (Å²) in [6.45, 7) is 4.40. The van der Waals surface area contributed by atoms with Crippen LogP contribution >= 0.6 is 0 Å². The normalized spacial score (nSPS) is 11.9.